The topological polar surface area (TPSA) is 205 Å². The van der Waals surface area contributed by atoms with E-state index in [9.17, 15) is 39.3 Å². The molecule has 3 N–H and O–H groups in total. The number of aliphatic hydroxyl groups is 3. The van der Waals surface area contributed by atoms with Crippen molar-refractivity contribution >= 4 is 29.2 Å². The molecule has 0 radical (unpaired) electrons. The molecule has 15 nitrogen and oxygen atoms in total. The summed E-state index contributed by atoms with van der Waals surface area (Å²) < 4.78 is 35.5. The maximum absolute atomic E-state index is 14.2. The van der Waals surface area contributed by atoms with Crippen LogP contribution in [0, 0.1) is 41.4 Å². The molecule has 0 spiro atoms. The van der Waals surface area contributed by atoms with Gasteiger partial charge in [0.05, 0.1) is 43.5 Å². The summed E-state index contributed by atoms with van der Waals surface area (Å²) in [5.41, 5.74) is 1.29. The molecule has 2 unspecified atom stereocenters. The first-order valence-electron chi connectivity index (χ1n) is 25.0. The molecule has 384 valence electrons. The number of ketones is 3. The molecule has 1 saturated carbocycles. The second-order valence-electron chi connectivity index (χ2n) is 20.2. The summed E-state index contributed by atoms with van der Waals surface area (Å²) in [6.45, 7) is 13.0. The number of carbonyl (C=O) groups excluding carboxylic acids is 5. The third kappa shape index (κ3) is 15.5. The second kappa shape index (κ2) is 27.3. The Kier molecular flexibility index (Phi) is 22.9. The number of esters is 1. The Morgan fingerprint density at radius 2 is 1.60 bits per heavy atom. The predicted octanol–water partition coefficient (Wildman–Crippen LogP) is 6.05. The number of nitrogens with zero attached hydrogens (tertiary/aromatic N) is 1. The summed E-state index contributed by atoms with van der Waals surface area (Å²) in [6.07, 6.45) is 11.9. The molecule has 4 rings (SSSR count). The summed E-state index contributed by atoms with van der Waals surface area (Å²) in [5.74, 6) is -8.17. The van der Waals surface area contributed by atoms with Gasteiger partial charge in [-0.15, -0.1) is 0 Å². The number of allylic oxidation sites excluding steroid dienone is 6. The molecule has 3 fully saturated rings. The lowest BCUT2D eigenvalue weighted by atomic mass is 9.78. The first-order chi connectivity index (χ1) is 32.3. The zero-order valence-electron chi connectivity index (χ0n) is 42.4. The number of cyclic esters (lactones) is 1. The van der Waals surface area contributed by atoms with Gasteiger partial charge in [-0.3, -0.25) is 24.0 Å². The number of hydrogen-bond acceptors (Lipinski definition) is 14. The number of Topliss-reactive ketones (excluding diaryl/α,β-unsaturated/α-hetero) is 3. The maximum Gasteiger partial charge on any atom is 0.311 e. The zero-order chi connectivity index (χ0) is 50.3. The van der Waals surface area contributed by atoms with E-state index in [0.717, 1.165) is 18.4 Å². The highest BCUT2D eigenvalue weighted by Gasteiger charge is 2.52. The van der Waals surface area contributed by atoms with Crippen LogP contribution in [-0.4, -0.2) is 146 Å². The minimum atomic E-state index is -2.37. The number of aliphatic hydroxyl groups excluding tert-OH is 2. The Balaban J connectivity index is 1.65. The van der Waals surface area contributed by atoms with E-state index in [2.05, 4.69) is 0 Å². The molecule has 2 saturated heterocycles. The molecule has 1 aliphatic carbocycles. The van der Waals surface area contributed by atoms with Crippen molar-refractivity contribution in [1.82, 2.24) is 4.90 Å². The van der Waals surface area contributed by atoms with Gasteiger partial charge in [0.1, 0.15) is 24.1 Å². The fourth-order valence-corrected chi connectivity index (χ4v) is 10.5. The van der Waals surface area contributed by atoms with Crippen LogP contribution in [0.2, 0.25) is 0 Å². The normalized spacial score (nSPS) is 39.2. The number of ether oxygens (including phenoxy) is 6. The number of hydrogen-bond donors (Lipinski definition) is 3. The first kappa shape index (κ1) is 57.2. The van der Waals surface area contributed by atoms with E-state index in [4.69, 9.17) is 28.4 Å². The van der Waals surface area contributed by atoms with Crippen LogP contribution in [0.1, 0.15) is 119 Å². The predicted molar refractivity (Wildman–Crippen MR) is 256 cm³/mol. The Labute approximate surface area is 405 Å². The first-order valence-corrected chi connectivity index (χ1v) is 25.0. The van der Waals surface area contributed by atoms with Gasteiger partial charge in [0, 0.05) is 65.0 Å². The SMILES string of the molecule is CO[C@H]1C[C@@H]2CC[C@@H](C)[C@@](O)(O2)C(=O)C(=O)N2CCCC(C2)C(=O)O[C@H]([C@H](C)CC2CC[C@@H](OCCO)[C@H](OC)C2)CC(=O)[C@H](C)/C=C(\C)[C@@H](O)[C@@H](OC)C(=O)[C@H](C)C[C@H](C)/C=C/C=C/C=C/1C. The van der Waals surface area contributed by atoms with E-state index < -0.39 is 77.6 Å². The number of piperidine rings is 1. The molecule has 4 aliphatic rings. The number of carbonyl (C=O) groups is 5. The highest BCUT2D eigenvalue weighted by molar-refractivity contribution is 6.38. The molecule has 15 heteroatoms. The van der Waals surface area contributed by atoms with Crippen molar-refractivity contribution in [2.75, 3.05) is 47.6 Å². The maximum atomic E-state index is 14.2. The van der Waals surface area contributed by atoms with Crippen molar-refractivity contribution in [1.29, 1.82) is 0 Å². The average molecular weight is 958 g/mol. The zero-order valence-corrected chi connectivity index (χ0v) is 42.4. The van der Waals surface area contributed by atoms with E-state index in [1.54, 1.807) is 41.1 Å². The summed E-state index contributed by atoms with van der Waals surface area (Å²) in [5, 5.41) is 32.6. The fraction of sp³-hybridized carbons (Fsp3) is 0.755. The van der Waals surface area contributed by atoms with Gasteiger partial charge in [-0.25, -0.2) is 0 Å². The molecule has 4 bridgehead atoms. The summed E-state index contributed by atoms with van der Waals surface area (Å²) in [6, 6.07) is 0. The van der Waals surface area contributed by atoms with Crippen molar-refractivity contribution in [2.45, 2.75) is 168 Å². The van der Waals surface area contributed by atoms with Gasteiger partial charge in [-0.1, -0.05) is 71.1 Å². The molecule has 3 aliphatic heterocycles. The summed E-state index contributed by atoms with van der Waals surface area (Å²) in [4.78, 5) is 71.4. The Bertz CT molecular complexity index is 1810. The highest BCUT2D eigenvalue weighted by Crippen LogP contribution is 2.38. The number of rotatable bonds is 9. The molecule has 15 atom stereocenters. The van der Waals surface area contributed by atoms with Crippen LogP contribution in [0.3, 0.4) is 0 Å². The third-order valence-corrected chi connectivity index (χ3v) is 14.9. The van der Waals surface area contributed by atoms with E-state index in [1.165, 1.54) is 12.0 Å². The van der Waals surface area contributed by atoms with Crippen molar-refractivity contribution in [3.63, 3.8) is 0 Å². The fourth-order valence-electron chi connectivity index (χ4n) is 10.5. The molecule has 0 aromatic rings. The largest absolute Gasteiger partial charge is 0.461 e. The molecule has 1 amide bonds. The lowest BCUT2D eigenvalue weighted by Gasteiger charge is -2.42. The second-order valence-corrected chi connectivity index (χ2v) is 20.2. The van der Waals surface area contributed by atoms with Gasteiger partial charge in [-0.2, -0.15) is 0 Å². The number of methoxy groups -OCH3 is 3. The van der Waals surface area contributed by atoms with Crippen LogP contribution in [-0.2, 0) is 52.4 Å². The van der Waals surface area contributed by atoms with Crippen LogP contribution < -0.4 is 0 Å². The smallest absolute Gasteiger partial charge is 0.311 e. The quantitative estimate of drug-likeness (QED) is 0.137. The van der Waals surface area contributed by atoms with E-state index in [1.807, 2.05) is 58.1 Å². The van der Waals surface area contributed by atoms with E-state index >= 15 is 0 Å². The molecule has 3 heterocycles. The Hall–Kier alpha value is -3.41. The molecule has 68 heavy (non-hydrogen) atoms. The van der Waals surface area contributed by atoms with Gasteiger partial charge in [-0.05, 0) is 101 Å². The molecular weight excluding hydrogens is 875 g/mol. The molecular formula is C53H83NO14. The van der Waals surface area contributed by atoms with E-state index in [-0.39, 0.29) is 74.3 Å². The van der Waals surface area contributed by atoms with Gasteiger partial charge in [0.2, 0.25) is 5.79 Å². The number of amides is 1. The molecule has 0 aromatic heterocycles. The Morgan fingerprint density at radius 1 is 0.868 bits per heavy atom. The average Bonchev–Trinajstić information content (AvgIpc) is 3.32. The van der Waals surface area contributed by atoms with Crippen LogP contribution >= 0.6 is 0 Å². The lowest BCUT2D eigenvalue weighted by molar-refractivity contribution is -0.265. The minimum absolute atomic E-state index is 0.0157. The molecule has 0 aromatic carbocycles. The lowest BCUT2D eigenvalue weighted by Crippen LogP contribution is -2.59. The van der Waals surface area contributed by atoms with Crippen molar-refractivity contribution in [2.24, 2.45) is 41.4 Å². The van der Waals surface area contributed by atoms with Crippen molar-refractivity contribution < 1.29 is 67.7 Å². The van der Waals surface area contributed by atoms with Gasteiger partial charge < -0.3 is 48.6 Å². The van der Waals surface area contributed by atoms with E-state index in [0.29, 0.717) is 56.9 Å². The van der Waals surface area contributed by atoms with Gasteiger partial charge in [0.15, 0.2) is 5.78 Å². The van der Waals surface area contributed by atoms with Crippen molar-refractivity contribution in [3.05, 3.63) is 47.6 Å². The van der Waals surface area contributed by atoms with Crippen LogP contribution in [0.25, 0.3) is 0 Å². The van der Waals surface area contributed by atoms with Crippen LogP contribution in [0.15, 0.2) is 47.6 Å². The Morgan fingerprint density at radius 3 is 2.28 bits per heavy atom. The van der Waals surface area contributed by atoms with Gasteiger partial charge >= 0.3 is 5.97 Å². The number of fused-ring (bicyclic) bond motifs is 4. The van der Waals surface area contributed by atoms with Crippen LogP contribution in [0.4, 0.5) is 0 Å². The highest BCUT2D eigenvalue weighted by atomic mass is 16.6. The van der Waals surface area contributed by atoms with Gasteiger partial charge in [0.25, 0.3) is 11.7 Å². The summed E-state index contributed by atoms with van der Waals surface area (Å²) in [7, 11) is 4.60. The minimum Gasteiger partial charge on any atom is -0.461 e. The van der Waals surface area contributed by atoms with Crippen LogP contribution in [0.5, 0.6) is 0 Å². The standard InChI is InChI=1S/C53H83NO14/c1-32-15-12-11-13-16-33(2)44(63-8)29-41-20-18-38(7)53(62,68-41)50(59)51(60)54-22-14-17-40(31-54)52(61)67-45(35(4)27-39-19-21-43(66-24-23-55)46(28-39)64-9)30-42(56)34(3)26-37(6)48(58)49(65-10)47(57)36(5)25-32/h11-13,15-16,26,32,34-36,38-41,43-46,48-49,55,58,62H,14,17-25,27-31H2,1-10H3/b13-11+,15-12+,33-16+,37-26+/t32-,34-,35-,36-,38-,39?,40?,41+,43-,44+,45+,46-,48-,49+,53-/m1/s1. The summed E-state index contributed by atoms with van der Waals surface area (Å²) >= 11 is 0. The monoisotopic (exact) mass is 958 g/mol. The third-order valence-electron chi connectivity index (χ3n) is 14.9. The van der Waals surface area contributed by atoms with Crippen molar-refractivity contribution in [3.8, 4) is 0 Å².